The van der Waals surface area contributed by atoms with Crippen molar-refractivity contribution in [2.45, 2.75) is 0 Å². The second-order valence-corrected chi connectivity index (χ2v) is 6.39. The SMILES string of the molecule is [Na+].[c-]1cc(-n2nc3ccc4ccccc4c3n2)ccc1/C=C/c1ccccc1. The molecule has 0 spiro atoms. The van der Waals surface area contributed by atoms with Crippen LogP contribution in [0.15, 0.2) is 84.9 Å². The van der Waals surface area contributed by atoms with Crippen molar-refractivity contribution in [1.29, 1.82) is 0 Å². The third kappa shape index (κ3) is 3.65. The van der Waals surface area contributed by atoms with Gasteiger partial charge in [0.1, 0.15) is 11.0 Å². The molecule has 0 amide bonds. The summed E-state index contributed by atoms with van der Waals surface area (Å²) in [4.78, 5) is 1.68. The van der Waals surface area contributed by atoms with Crippen LogP contribution in [0.2, 0.25) is 0 Å². The fourth-order valence-electron chi connectivity index (χ4n) is 3.17. The Morgan fingerprint density at radius 3 is 2.39 bits per heavy atom. The number of hydrogen-bond donors (Lipinski definition) is 0. The molecule has 0 bridgehead atoms. The van der Waals surface area contributed by atoms with E-state index in [-0.39, 0.29) is 29.6 Å². The quantitative estimate of drug-likeness (QED) is 0.278. The van der Waals surface area contributed by atoms with E-state index in [1.807, 2.05) is 54.6 Å². The molecule has 0 saturated heterocycles. The van der Waals surface area contributed by atoms with Crippen molar-refractivity contribution in [2.24, 2.45) is 0 Å². The van der Waals surface area contributed by atoms with Crippen LogP contribution >= 0.6 is 0 Å². The van der Waals surface area contributed by atoms with Gasteiger partial charge in [-0.1, -0.05) is 66.7 Å². The number of benzene rings is 4. The van der Waals surface area contributed by atoms with Crippen molar-refractivity contribution in [3.05, 3.63) is 102 Å². The Kier molecular flexibility index (Phi) is 5.40. The van der Waals surface area contributed by atoms with E-state index in [1.165, 1.54) is 10.9 Å². The molecule has 1 aromatic heterocycles. The van der Waals surface area contributed by atoms with Crippen molar-refractivity contribution < 1.29 is 29.6 Å². The van der Waals surface area contributed by atoms with Gasteiger partial charge in [0.25, 0.3) is 0 Å². The first kappa shape index (κ1) is 18.6. The van der Waals surface area contributed by atoms with Gasteiger partial charge < -0.3 is 0 Å². The minimum absolute atomic E-state index is 0. The summed E-state index contributed by atoms with van der Waals surface area (Å²) in [7, 11) is 0. The Morgan fingerprint density at radius 2 is 1.57 bits per heavy atom. The molecule has 0 aliphatic carbocycles. The zero-order valence-electron chi connectivity index (χ0n) is 15.6. The number of hydrogen-bond acceptors (Lipinski definition) is 2. The molecular weight excluding hydrogens is 353 g/mol. The Labute approximate surface area is 185 Å². The first-order chi connectivity index (χ1) is 13.4. The molecule has 5 rings (SSSR count). The molecular formula is C24H16N3Na. The fourth-order valence-corrected chi connectivity index (χ4v) is 3.17. The molecule has 0 aliphatic heterocycles. The van der Waals surface area contributed by atoms with E-state index >= 15 is 0 Å². The van der Waals surface area contributed by atoms with Gasteiger partial charge in [-0.05, 0) is 17.0 Å². The summed E-state index contributed by atoms with van der Waals surface area (Å²) in [5.41, 5.74) is 4.89. The average molecular weight is 369 g/mol. The van der Waals surface area contributed by atoms with Crippen molar-refractivity contribution >= 4 is 34.0 Å². The Morgan fingerprint density at radius 1 is 0.750 bits per heavy atom. The van der Waals surface area contributed by atoms with Crippen molar-refractivity contribution in [1.82, 2.24) is 15.0 Å². The largest absolute Gasteiger partial charge is 1.00 e. The number of nitrogens with zero attached hydrogens (tertiary/aromatic N) is 3. The van der Waals surface area contributed by atoms with Crippen LogP contribution in [0.25, 0.3) is 39.6 Å². The Hall–Kier alpha value is -2.72. The summed E-state index contributed by atoms with van der Waals surface area (Å²) in [5.74, 6) is 0. The monoisotopic (exact) mass is 369 g/mol. The summed E-state index contributed by atoms with van der Waals surface area (Å²) < 4.78 is 0. The summed E-state index contributed by atoms with van der Waals surface area (Å²) in [6.07, 6.45) is 4.14. The topological polar surface area (TPSA) is 30.7 Å². The summed E-state index contributed by atoms with van der Waals surface area (Å²) >= 11 is 0. The molecule has 0 radical (unpaired) electrons. The zero-order valence-corrected chi connectivity index (χ0v) is 17.6. The molecule has 4 aromatic carbocycles. The van der Waals surface area contributed by atoms with Crippen LogP contribution in [0.3, 0.4) is 0 Å². The zero-order chi connectivity index (χ0) is 18.1. The predicted octanol–water partition coefficient (Wildman–Crippen LogP) is 2.55. The molecule has 0 unspecified atom stereocenters. The standard InChI is InChI=1S/C24H16N3.Na/c1-2-6-18(7-3-1)10-11-19-12-15-21(16-13-19)27-25-23-17-14-20-8-4-5-9-22(20)24(23)26-27;/h1-12,14-17H;/q-1;+1/b11-10+;. The third-order valence-corrected chi connectivity index (χ3v) is 4.58. The maximum absolute atomic E-state index is 4.70. The smallest absolute Gasteiger partial charge is 0.192 e. The fraction of sp³-hybridized carbons (Fsp3) is 0. The van der Waals surface area contributed by atoms with Gasteiger partial charge in [0.05, 0.1) is 0 Å². The summed E-state index contributed by atoms with van der Waals surface area (Å²) in [5, 5.41) is 11.6. The van der Waals surface area contributed by atoms with Crippen LogP contribution in [0.5, 0.6) is 0 Å². The number of rotatable bonds is 3. The molecule has 0 atom stereocenters. The third-order valence-electron chi connectivity index (χ3n) is 4.58. The molecule has 1 heterocycles. The van der Waals surface area contributed by atoms with Crippen molar-refractivity contribution in [3.63, 3.8) is 0 Å². The van der Waals surface area contributed by atoms with E-state index in [0.717, 1.165) is 27.7 Å². The predicted molar refractivity (Wildman–Crippen MR) is 111 cm³/mol. The maximum atomic E-state index is 4.70. The van der Waals surface area contributed by atoms with Crippen LogP contribution < -0.4 is 29.6 Å². The summed E-state index contributed by atoms with van der Waals surface area (Å²) in [6, 6.07) is 31.8. The van der Waals surface area contributed by atoms with Crippen LogP contribution in [0, 0.1) is 6.07 Å². The Balaban J connectivity index is 0.00000192. The van der Waals surface area contributed by atoms with E-state index < -0.39 is 0 Å². The van der Waals surface area contributed by atoms with E-state index in [0.29, 0.717) is 0 Å². The molecule has 0 fully saturated rings. The minimum Gasteiger partial charge on any atom is -0.192 e. The normalized spacial score (nSPS) is 11.1. The second-order valence-electron chi connectivity index (χ2n) is 6.39. The molecule has 5 aromatic rings. The molecule has 0 aliphatic rings. The van der Waals surface area contributed by atoms with Gasteiger partial charge in [-0.2, -0.15) is 20.6 Å². The Bertz CT molecular complexity index is 1260. The van der Waals surface area contributed by atoms with Crippen LogP contribution in [0.1, 0.15) is 11.1 Å². The second kappa shape index (κ2) is 8.11. The van der Waals surface area contributed by atoms with Crippen molar-refractivity contribution in [3.8, 4) is 5.69 Å². The maximum Gasteiger partial charge on any atom is 1.00 e. The van der Waals surface area contributed by atoms with Crippen LogP contribution in [-0.4, -0.2) is 15.0 Å². The van der Waals surface area contributed by atoms with E-state index in [1.54, 1.807) is 4.80 Å². The minimum atomic E-state index is 0. The van der Waals surface area contributed by atoms with Gasteiger partial charge >= 0.3 is 29.6 Å². The molecule has 3 nitrogen and oxygen atoms in total. The molecule has 128 valence electrons. The first-order valence-corrected chi connectivity index (χ1v) is 8.87. The molecule has 4 heteroatoms. The number of aromatic nitrogens is 3. The van der Waals surface area contributed by atoms with Crippen LogP contribution in [-0.2, 0) is 0 Å². The van der Waals surface area contributed by atoms with Crippen LogP contribution in [0.4, 0.5) is 0 Å². The van der Waals surface area contributed by atoms with Gasteiger partial charge in [0.2, 0.25) is 0 Å². The molecule has 28 heavy (non-hydrogen) atoms. The first-order valence-electron chi connectivity index (χ1n) is 8.87. The van der Waals surface area contributed by atoms with E-state index in [9.17, 15) is 0 Å². The van der Waals surface area contributed by atoms with E-state index in [2.05, 4.69) is 53.6 Å². The van der Waals surface area contributed by atoms with E-state index in [4.69, 9.17) is 5.10 Å². The van der Waals surface area contributed by atoms with Gasteiger partial charge in [-0.15, -0.1) is 30.3 Å². The molecule has 0 N–H and O–H groups in total. The van der Waals surface area contributed by atoms with Crippen molar-refractivity contribution in [2.75, 3.05) is 0 Å². The number of fused-ring (bicyclic) bond motifs is 3. The van der Waals surface area contributed by atoms with Gasteiger partial charge in [-0.25, -0.2) is 0 Å². The van der Waals surface area contributed by atoms with Gasteiger partial charge in [0.15, 0.2) is 0 Å². The summed E-state index contributed by atoms with van der Waals surface area (Å²) in [6.45, 7) is 0. The molecule has 0 saturated carbocycles. The average Bonchev–Trinajstić information content (AvgIpc) is 3.18. The van der Waals surface area contributed by atoms with Gasteiger partial charge in [-0.3, -0.25) is 0 Å². The van der Waals surface area contributed by atoms with Gasteiger partial charge in [0, 0.05) is 11.1 Å².